The molecule has 0 saturated carbocycles. The van der Waals surface area contributed by atoms with Gasteiger partial charge in [0.05, 0.1) is 0 Å². The van der Waals surface area contributed by atoms with E-state index >= 15 is 0 Å². The molecule has 0 N–H and O–H groups in total. The molecule has 15 heavy (non-hydrogen) atoms. The van der Waals surface area contributed by atoms with Crippen LogP contribution in [0.15, 0.2) is 48.5 Å². The summed E-state index contributed by atoms with van der Waals surface area (Å²) in [6, 6.07) is 16.7. The minimum Gasteiger partial charge on any atom is -0.0776 e. The third kappa shape index (κ3) is 5.21. The molecule has 0 aliphatic rings. The van der Waals surface area contributed by atoms with Crippen LogP contribution in [-0.2, 0) is 0 Å². The van der Waals surface area contributed by atoms with E-state index < -0.39 is 0 Å². The van der Waals surface area contributed by atoms with Crippen molar-refractivity contribution in [2.45, 2.75) is 36.1 Å². The molecular weight excluding hydrogens is 180 g/mol. The van der Waals surface area contributed by atoms with Gasteiger partial charge in [0, 0.05) is 0 Å². The van der Waals surface area contributed by atoms with Gasteiger partial charge in [-0.15, -0.1) is 0 Å². The Kier molecular flexibility index (Phi) is 13.9. The van der Waals surface area contributed by atoms with E-state index in [1.165, 1.54) is 10.8 Å². The number of hydrogen-bond acceptors (Lipinski definition) is 0. The average Bonchev–Trinajstić information content (AvgIpc) is 2.21. The molecule has 0 aromatic heterocycles. The second kappa shape index (κ2) is 10.8. The first-order valence-corrected chi connectivity index (χ1v) is 4.40. The molecule has 0 spiro atoms. The molecule has 2 aromatic carbocycles. The summed E-state index contributed by atoms with van der Waals surface area (Å²) in [4.78, 5) is 0. The first-order chi connectivity index (χ1) is 5.97. The van der Waals surface area contributed by atoms with E-state index in [9.17, 15) is 0 Å². The van der Waals surface area contributed by atoms with Crippen molar-refractivity contribution in [1.82, 2.24) is 0 Å². The van der Waals surface area contributed by atoms with E-state index in [1.807, 2.05) is 13.8 Å². The van der Waals surface area contributed by atoms with Crippen molar-refractivity contribution < 1.29 is 0 Å². The lowest BCUT2D eigenvalue weighted by molar-refractivity contribution is 1.50. The molecule has 2 aromatic rings. The summed E-state index contributed by atoms with van der Waals surface area (Å²) in [6.45, 7) is 4.00. The number of benzene rings is 2. The summed E-state index contributed by atoms with van der Waals surface area (Å²) in [5, 5.41) is 2.62. The van der Waals surface area contributed by atoms with Crippen LogP contribution in [0.25, 0.3) is 10.8 Å². The number of hydrogen-bond donors (Lipinski definition) is 0. The first-order valence-electron chi connectivity index (χ1n) is 4.40. The quantitative estimate of drug-likeness (QED) is 0.513. The lowest BCUT2D eigenvalue weighted by atomic mass is 10.1. The third-order valence-corrected chi connectivity index (χ3v) is 1.66. The predicted octanol–water partition coefficient (Wildman–Crippen LogP) is 5.77. The predicted molar refractivity (Wildman–Crippen MR) is 75.5 cm³/mol. The molecule has 2 rings (SSSR count). The minimum absolute atomic E-state index is 0. The van der Waals surface area contributed by atoms with E-state index in [0.29, 0.717) is 0 Å². The fourth-order valence-electron chi connectivity index (χ4n) is 1.13. The number of rotatable bonds is 0. The van der Waals surface area contributed by atoms with Crippen molar-refractivity contribution in [3.05, 3.63) is 48.5 Å². The highest BCUT2D eigenvalue weighted by molar-refractivity contribution is 5.81. The molecule has 0 heterocycles. The van der Waals surface area contributed by atoms with E-state index in [1.54, 1.807) is 0 Å². The van der Waals surface area contributed by atoms with Gasteiger partial charge < -0.3 is 0 Å². The maximum atomic E-state index is 2.12. The summed E-state index contributed by atoms with van der Waals surface area (Å²) in [7, 11) is 0. The Morgan fingerprint density at radius 2 is 0.733 bits per heavy atom. The van der Waals surface area contributed by atoms with E-state index in [2.05, 4.69) is 48.5 Å². The van der Waals surface area contributed by atoms with Gasteiger partial charge in [-0.2, -0.15) is 0 Å². The highest BCUT2D eigenvalue weighted by Crippen LogP contribution is 2.11. The third-order valence-electron chi connectivity index (χ3n) is 1.66. The molecule has 0 amide bonds. The van der Waals surface area contributed by atoms with Gasteiger partial charge in [0.2, 0.25) is 0 Å². The Morgan fingerprint density at radius 3 is 0.933 bits per heavy atom. The fraction of sp³-hybridized carbons (Fsp3) is 0.333. The fourth-order valence-corrected chi connectivity index (χ4v) is 1.13. The van der Waals surface area contributed by atoms with Crippen molar-refractivity contribution in [3.8, 4) is 0 Å². The first kappa shape index (κ1) is 19.3. The van der Waals surface area contributed by atoms with Crippen LogP contribution in [0, 0.1) is 0 Å². The molecule has 0 heteroatoms. The lowest BCUT2D eigenvalue weighted by Crippen LogP contribution is -1.67. The second-order valence-corrected chi connectivity index (χ2v) is 2.35. The maximum absolute atomic E-state index is 2.12. The zero-order valence-electron chi connectivity index (χ0n) is 7.62. The zero-order valence-corrected chi connectivity index (χ0v) is 7.62. The van der Waals surface area contributed by atoms with Crippen LogP contribution < -0.4 is 0 Å². The summed E-state index contributed by atoms with van der Waals surface area (Å²) in [5.74, 6) is 0. The molecule has 0 nitrogen and oxygen atoms in total. The lowest BCUT2D eigenvalue weighted by Gasteiger charge is -1.92. The molecule has 0 saturated heterocycles. The van der Waals surface area contributed by atoms with Crippen molar-refractivity contribution in [2.24, 2.45) is 0 Å². The largest absolute Gasteiger partial charge is 0.0776 e. The van der Waals surface area contributed by atoms with Crippen LogP contribution in [0.1, 0.15) is 36.1 Å². The normalized spacial score (nSPS) is 7.07. The molecule has 0 unspecified atom stereocenters. The number of fused-ring (bicyclic) bond motifs is 1. The van der Waals surface area contributed by atoms with Gasteiger partial charge >= 0.3 is 0 Å². The monoisotopic (exact) mass is 206 g/mol. The van der Waals surface area contributed by atoms with Gasteiger partial charge in [-0.3, -0.25) is 0 Å². The maximum Gasteiger partial charge on any atom is -0.0184 e. The van der Waals surface area contributed by atoms with Crippen LogP contribution in [-0.4, -0.2) is 0 Å². The Bertz CT molecular complexity index is 271. The molecule has 0 atom stereocenters. The molecule has 0 fully saturated rings. The van der Waals surface area contributed by atoms with Gasteiger partial charge in [-0.25, -0.2) is 0 Å². The molecule has 0 radical (unpaired) electrons. The van der Waals surface area contributed by atoms with Crippen LogP contribution in [0.2, 0.25) is 0 Å². The van der Waals surface area contributed by atoms with Gasteiger partial charge in [-0.1, -0.05) is 84.7 Å². The van der Waals surface area contributed by atoms with E-state index in [0.717, 1.165) is 0 Å². The Balaban J connectivity index is -0.000000273. The van der Waals surface area contributed by atoms with E-state index in [-0.39, 0.29) is 22.3 Å². The van der Waals surface area contributed by atoms with Gasteiger partial charge in [0.1, 0.15) is 0 Å². The Morgan fingerprint density at radius 1 is 0.533 bits per heavy atom. The summed E-state index contributed by atoms with van der Waals surface area (Å²) in [5.41, 5.74) is 0. The van der Waals surface area contributed by atoms with Crippen LogP contribution >= 0.6 is 0 Å². The average molecular weight is 206 g/mol. The summed E-state index contributed by atoms with van der Waals surface area (Å²) >= 11 is 0. The molecule has 86 valence electrons. The Labute approximate surface area is 96.0 Å². The van der Waals surface area contributed by atoms with Gasteiger partial charge in [0.25, 0.3) is 0 Å². The smallest absolute Gasteiger partial charge is 0.0184 e. The zero-order chi connectivity index (χ0) is 8.81. The van der Waals surface area contributed by atoms with E-state index in [4.69, 9.17) is 0 Å². The van der Waals surface area contributed by atoms with Crippen LogP contribution in [0.4, 0.5) is 0 Å². The molecule has 0 bridgehead atoms. The second-order valence-electron chi connectivity index (χ2n) is 2.35. The molecular formula is C15H26. The van der Waals surface area contributed by atoms with Crippen molar-refractivity contribution in [2.75, 3.05) is 0 Å². The highest BCUT2D eigenvalue weighted by Gasteiger charge is 1.85. The van der Waals surface area contributed by atoms with Crippen molar-refractivity contribution >= 4 is 10.8 Å². The SMILES string of the molecule is C.C.C.CC.c1ccc2ccccc2c1. The van der Waals surface area contributed by atoms with Crippen LogP contribution in [0.3, 0.4) is 0 Å². The standard InChI is InChI=1S/C10H8.C2H6.3CH4/c1-2-6-10-8-4-3-7-9(10)5-1;1-2;;;/h1-8H;1-2H3;3*1H4. The van der Waals surface area contributed by atoms with Crippen LogP contribution in [0.5, 0.6) is 0 Å². The Hall–Kier alpha value is -1.30. The van der Waals surface area contributed by atoms with Crippen molar-refractivity contribution in [1.29, 1.82) is 0 Å². The van der Waals surface area contributed by atoms with Gasteiger partial charge in [-0.05, 0) is 10.8 Å². The molecule has 0 aliphatic heterocycles. The summed E-state index contributed by atoms with van der Waals surface area (Å²) in [6.07, 6.45) is 0. The van der Waals surface area contributed by atoms with Gasteiger partial charge in [0.15, 0.2) is 0 Å². The summed E-state index contributed by atoms with van der Waals surface area (Å²) < 4.78 is 0. The minimum atomic E-state index is 0. The topological polar surface area (TPSA) is 0 Å². The molecule has 0 aliphatic carbocycles. The van der Waals surface area contributed by atoms with Crippen molar-refractivity contribution in [3.63, 3.8) is 0 Å². The highest BCUT2D eigenvalue weighted by atomic mass is 13.9.